The number of fused-ring (bicyclic) bond motifs is 5. The van der Waals surface area contributed by atoms with E-state index in [1.807, 2.05) is 12.1 Å². The number of hydrogen-bond donors (Lipinski definition) is 1. The van der Waals surface area contributed by atoms with Gasteiger partial charge in [0.2, 0.25) is 0 Å². The fourth-order valence-corrected chi connectivity index (χ4v) is 10.5. The number of carbonyl (C=O) groups is 2. The maximum absolute atomic E-state index is 13.1. The molecule has 1 N–H and O–H groups in total. The summed E-state index contributed by atoms with van der Waals surface area (Å²) in [6.45, 7) is 2.15. The van der Waals surface area contributed by atoms with Crippen molar-refractivity contribution in [3.05, 3.63) is 57.6 Å². The average molecular weight is 770 g/mol. The van der Waals surface area contributed by atoms with Crippen molar-refractivity contribution in [3.63, 3.8) is 0 Å². The number of carboxylic acid groups (broad SMARTS) is 1. The third-order valence-electron chi connectivity index (χ3n) is 12.0. The minimum absolute atomic E-state index is 0.0200. The summed E-state index contributed by atoms with van der Waals surface area (Å²) in [7, 11) is -1.42. The van der Waals surface area contributed by atoms with Gasteiger partial charge in [0.15, 0.2) is 0 Å². The lowest BCUT2D eigenvalue weighted by Crippen LogP contribution is -2.46. The Morgan fingerprint density at radius 1 is 0.981 bits per heavy atom. The lowest BCUT2D eigenvalue weighted by Gasteiger charge is -2.52. The van der Waals surface area contributed by atoms with Crippen LogP contribution in [0.1, 0.15) is 114 Å². The van der Waals surface area contributed by atoms with Crippen LogP contribution in [-0.4, -0.2) is 49.8 Å². The first-order chi connectivity index (χ1) is 25.0. The molecule has 2 aromatic rings. The van der Waals surface area contributed by atoms with Crippen LogP contribution in [0.3, 0.4) is 0 Å². The van der Waals surface area contributed by atoms with Crippen molar-refractivity contribution in [2.45, 2.75) is 121 Å². The van der Waals surface area contributed by atoms with Gasteiger partial charge in [0.1, 0.15) is 11.5 Å². The van der Waals surface area contributed by atoms with Crippen LogP contribution < -0.4 is 4.74 Å². The number of nitro groups is 1. The van der Waals surface area contributed by atoms with E-state index in [0.29, 0.717) is 53.3 Å². The van der Waals surface area contributed by atoms with Crippen LogP contribution >= 0.6 is 0 Å². The Balaban J connectivity index is 1.18. The molecule has 0 spiro atoms. The van der Waals surface area contributed by atoms with Crippen molar-refractivity contribution in [1.29, 1.82) is 0 Å². The number of halogens is 5. The smallest absolute Gasteiger partial charge is 0.449 e. The summed E-state index contributed by atoms with van der Waals surface area (Å²) in [6.07, 6.45) is 2.54. The first kappa shape index (κ1) is 40.8. The van der Waals surface area contributed by atoms with E-state index in [1.54, 1.807) is 0 Å². The second-order valence-electron chi connectivity index (χ2n) is 15.3. The number of non-ortho nitro benzene ring substituents is 1. The molecule has 53 heavy (non-hydrogen) atoms. The van der Waals surface area contributed by atoms with E-state index in [4.69, 9.17) is 4.74 Å². The minimum Gasteiger partial charge on any atom is -0.449 e. The van der Waals surface area contributed by atoms with Crippen molar-refractivity contribution < 1.29 is 50.5 Å². The van der Waals surface area contributed by atoms with Crippen LogP contribution in [0.15, 0.2) is 36.4 Å². The lowest BCUT2D eigenvalue weighted by molar-refractivity contribution is -0.384. The average Bonchev–Trinajstić information content (AvgIpc) is 3.39. The van der Waals surface area contributed by atoms with Crippen molar-refractivity contribution >= 4 is 28.4 Å². The molecule has 3 aliphatic carbocycles. The number of benzene rings is 2. The van der Waals surface area contributed by atoms with Gasteiger partial charge in [-0.2, -0.15) is 22.0 Å². The molecule has 2 saturated carbocycles. The van der Waals surface area contributed by atoms with Gasteiger partial charge in [0.25, 0.3) is 5.69 Å². The Morgan fingerprint density at radius 3 is 2.34 bits per heavy atom. The molecular formula is C39H48F5NO7S. The SMILES string of the molecule is CC12CCC3c4ccc(-c5cc([N+](=O)[O-])ccc5OC(=O)O)cc4CC(CCCCCCCCCS(=O)CCCC(F)(F)C(F)(F)F)C3C1CCC2=O. The van der Waals surface area contributed by atoms with Crippen LogP contribution in [0, 0.1) is 33.3 Å². The number of unbranched alkanes of at least 4 members (excludes halogenated alkanes) is 6. The Hall–Kier alpha value is -3.42. The molecule has 6 atom stereocenters. The predicted molar refractivity (Wildman–Crippen MR) is 191 cm³/mol. The molecule has 292 valence electrons. The summed E-state index contributed by atoms with van der Waals surface area (Å²) in [6, 6.07) is 9.83. The van der Waals surface area contributed by atoms with E-state index < -0.39 is 46.8 Å². The third-order valence-corrected chi connectivity index (χ3v) is 13.5. The summed E-state index contributed by atoms with van der Waals surface area (Å²) in [4.78, 5) is 35.6. The Bertz CT molecular complexity index is 1680. The molecule has 0 bridgehead atoms. The first-order valence-corrected chi connectivity index (χ1v) is 20.2. The molecule has 2 fully saturated rings. The van der Waals surface area contributed by atoms with Crippen molar-refractivity contribution in [3.8, 4) is 16.9 Å². The van der Waals surface area contributed by atoms with E-state index in [2.05, 4.69) is 13.0 Å². The van der Waals surface area contributed by atoms with Gasteiger partial charge in [-0.25, -0.2) is 4.79 Å². The van der Waals surface area contributed by atoms with Gasteiger partial charge in [-0.15, -0.1) is 0 Å². The van der Waals surface area contributed by atoms with Crippen LogP contribution in [0.5, 0.6) is 5.75 Å². The fourth-order valence-electron chi connectivity index (χ4n) is 9.31. The van der Waals surface area contributed by atoms with Crippen LogP contribution in [-0.2, 0) is 22.0 Å². The number of nitrogens with zero attached hydrogens (tertiary/aromatic N) is 1. The predicted octanol–water partition coefficient (Wildman–Crippen LogP) is 10.8. The van der Waals surface area contributed by atoms with Gasteiger partial charge < -0.3 is 9.84 Å². The highest BCUT2D eigenvalue weighted by Gasteiger charge is 2.57. The van der Waals surface area contributed by atoms with E-state index in [1.165, 1.54) is 23.8 Å². The molecule has 0 saturated heterocycles. The van der Waals surface area contributed by atoms with Crippen molar-refractivity contribution in [2.75, 3.05) is 11.5 Å². The highest BCUT2D eigenvalue weighted by molar-refractivity contribution is 7.84. The molecule has 2 aromatic carbocycles. The highest BCUT2D eigenvalue weighted by Crippen LogP contribution is 2.61. The summed E-state index contributed by atoms with van der Waals surface area (Å²) >= 11 is 0. The highest BCUT2D eigenvalue weighted by atomic mass is 32.2. The van der Waals surface area contributed by atoms with Crippen LogP contribution in [0.25, 0.3) is 11.1 Å². The molecular weight excluding hydrogens is 721 g/mol. The molecule has 0 heterocycles. The molecule has 14 heteroatoms. The Labute approximate surface area is 308 Å². The summed E-state index contributed by atoms with van der Waals surface area (Å²) in [5.41, 5.74) is 2.88. The van der Waals surface area contributed by atoms with E-state index in [9.17, 15) is 51.0 Å². The summed E-state index contributed by atoms with van der Waals surface area (Å²) < 4.78 is 80.1. The number of ketones is 1. The zero-order chi connectivity index (χ0) is 38.6. The van der Waals surface area contributed by atoms with E-state index in [0.717, 1.165) is 76.2 Å². The number of rotatable bonds is 17. The van der Waals surface area contributed by atoms with Crippen LogP contribution in [0.4, 0.5) is 32.4 Å². The standard InChI is InChI=1S/C39H48F5NO7S/c1-37-19-17-30-29-13-11-25(31-24-28(45(49)50)12-15-33(31)52-36(47)48)22-27(29)23-26(35(30)32(37)14-16-34(37)46)10-7-5-3-2-4-6-8-20-53(51)21-9-18-38(40,41)39(42,43)44/h11-13,15,22,24,26,30,32,35H,2-10,14,16-21,23H2,1H3,(H,47,48). The molecule has 0 aliphatic heterocycles. The molecule has 0 amide bonds. The quantitative estimate of drug-likeness (QED) is 0.0424. The van der Waals surface area contributed by atoms with Gasteiger partial charge in [-0.05, 0) is 91.4 Å². The van der Waals surface area contributed by atoms with Gasteiger partial charge >= 0.3 is 18.3 Å². The van der Waals surface area contributed by atoms with Gasteiger partial charge in [-0.1, -0.05) is 63.6 Å². The topological polar surface area (TPSA) is 124 Å². The molecule has 3 aliphatic rings. The number of ether oxygens (including phenoxy) is 1. The zero-order valence-electron chi connectivity index (χ0n) is 29.9. The number of carbonyl (C=O) groups excluding carboxylic acids is 1. The second kappa shape index (κ2) is 16.9. The maximum Gasteiger partial charge on any atom is 0.511 e. The Morgan fingerprint density at radius 2 is 1.66 bits per heavy atom. The largest absolute Gasteiger partial charge is 0.511 e. The number of nitro benzene ring substituents is 1. The number of Topliss-reactive ketones (excluding diaryl/α,β-unsaturated/α-hetero) is 1. The van der Waals surface area contributed by atoms with Crippen molar-refractivity contribution in [2.24, 2.45) is 23.2 Å². The van der Waals surface area contributed by atoms with E-state index in [-0.39, 0.29) is 28.5 Å². The molecule has 0 radical (unpaired) electrons. The first-order valence-electron chi connectivity index (χ1n) is 18.7. The monoisotopic (exact) mass is 769 g/mol. The second-order valence-corrected chi connectivity index (χ2v) is 17.0. The zero-order valence-corrected chi connectivity index (χ0v) is 30.8. The molecule has 0 aromatic heterocycles. The number of hydrogen-bond acceptors (Lipinski definition) is 6. The minimum atomic E-state index is -5.58. The molecule has 8 nitrogen and oxygen atoms in total. The third kappa shape index (κ3) is 9.46. The van der Waals surface area contributed by atoms with E-state index >= 15 is 0 Å². The normalized spacial score (nSPS) is 24.6. The lowest BCUT2D eigenvalue weighted by atomic mass is 9.52. The number of alkyl halides is 5. The Kier molecular flexibility index (Phi) is 13.0. The molecule has 5 rings (SSSR count). The fraction of sp³-hybridized carbons (Fsp3) is 0.641. The van der Waals surface area contributed by atoms with Gasteiger partial charge in [-0.3, -0.25) is 19.1 Å². The maximum atomic E-state index is 13.1. The van der Waals surface area contributed by atoms with Gasteiger partial charge in [0, 0.05) is 58.3 Å². The van der Waals surface area contributed by atoms with Crippen molar-refractivity contribution in [1.82, 2.24) is 0 Å². The molecule has 6 unspecified atom stereocenters. The van der Waals surface area contributed by atoms with Crippen LogP contribution in [0.2, 0.25) is 0 Å². The van der Waals surface area contributed by atoms with Gasteiger partial charge in [0.05, 0.1) is 4.92 Å². The summed E-state index contributed by atoms with van der Waals surface area (Å²) in [5.74, 6) is -2.94. The summed E-state index contributed by atoms with van der Waals surface area (Å²) in [5, 5.41) is 20.9.